The minimum absolute atomic E-state index is 0.0161. The summed E-state index contributed by atoms with van der Waals surface area (Å²) in [5.41, 5.74) is 14.9. The Morgan fingerprint density at radius 1 is 1.27 bits per heavy atom. The molecule has 152 valence electrons. The van der Waals surface area contributed by atoms with Gasteiger partial charge in [-0.3, -0.25) is 5.32 Å². The van der Waals surface area contributed by atoms with Crippen molar-refractivity contribution in [2.75, 3.05) is 48.0 Å². The zero-order valence-corrected chi connectivity index (χ0v) is 17.4. The van der Waals surface area contributed by atoms with Gasteiger partial charge in [-0.1, -0.05) is 22.0 Å². The van der Waals surface area contributed by atoms with Gasteiger partial charge in [-0.15, -0.1) is 0 Å². The number of nitrogens with two attached hydrogens (primary N) is 2. The van der Waals surface area contributed by atoms with Crippen molar-refractivity contribution in [2.24, 2.45) is 4.99 Å². The number of nitrogens with zero attached hydrogens (tertiary/aromatic N) is 5. The largest absolute Gasteiger partial charge is 0.397 e. The average molecular weight is 468 g/mol. The number of nitrogens with one attached hydrogen (secondary N) is 2. The van der Waals surface area contributed by atoms with Crippen LogP contribution in [-0.2, 0) is 4.74 Å². The van der Waals surface area contributed by atoms with Gasteiger partial charge in [0.1, 0.15) is 29.3 Å². The van der Waals surface area contributed by atoms with Crippen molar-refractivity contribution in [3.05, 3.63) is 39.4 Å². The number of nitrogen functional groups attached to an aromatic ring is 2. The van der Waals surface area contributed by atoms with Crippen molar-refractivity contribution in [2.45, 2.75) is 6.04 Å². The maximum Gasteiger partial charge on any atom is 0.211 e. The van der Waals surface area contributed by atoms with Crippen molar-refractivity contribution in [1.82, 2.24) is 10.3 Å². The van der Waals surface area contributed by atoms with Crippen LogP contribution in [0.25, 0.3) is 0 Å². The van der Waals surface area contributed by atoms with E-state index in [0.29, 0.717) is 24.6 Å². The quantitative estimate of drug-likeness (QED) is 0.379. The Morgan fingerprint density at radius 3 is 2.73 bits per heavy atom. The van der Waals surface area contributed by atoms with Gasteiger partial charge in [-0.2, -0.15) is 10.5 Å². The molecule has 1 aromatic carbocycles. The van der Waals surface area contributed by atoms with Gasteiger partial charge in [-0.05, 0) is 12.1 Å². The van der Waals surface area contributed by atoms with E-state index in [1.807, 2.05) is 30.5 Å². The maximum absolute atomic E-state index is 9.50. The number of fused-ring (bicyclic) bond motifs is 1. The number of guanidine groups is 1. The Hall–Kier alpha value is -3.54. The first-order valence-corrected chi connectivity index (χ1v) is 9.93. The molecule has 0 spiro atoms. The molecule has 2 aliphatic rings. The number of benzene rings is 1. The van der Waals surface area contributed by atoms with Crippen LogP contribution in [0.2, 0.25) is 0 Å². The molecule has 1 unspecified atom stereocenters. The molecule has 3 heterocycles. The molecular formula is C19H18BrN9O. The Balaban J connectivity index is 1.93. The van der Waals surface area contributed by atoms with Crippen molar-refractivity contribution < 1.29 is 4.74 Å². The van der Waals surface area contributed by atoms with Gasteiger partial charge in [0.15, 0.2) is 6.19 Å². The lowest BCUT2D eigenvalue weighted by Gasteiger charge is -2.33. The van der Waals surface area contributed by atoms with E-state index < -0.39 is 6.04 Å². The summed E-state index contributed by atoms with van der Waals surface area (Å²) < 4.78 is 6.41. The normalized spacial score (nSPS) is 17.8. The fourth-order valence-corrected chi connectivity index (χ4v) is 3.98. The van der Waals surface area contributed by atoms with Crippen LogP contribution in [0.4, 0.5) is 23.0 Å². The fraction of sp³-hybridized carbons (Fsp3) is 0.263. The minimum Gasteiger partial charge on any atom is -0.397 e. The number of hydrogen-bond acceptors (Lipinski definition) is 10. The number of hydrogen-bond donors (Lipinski definition) is 4. The van der Waals surface area contributed by atoms with E-state index in [0.717, 1.165) is 28.8 Å². The van der Waals surface area contributed by atoms with Crippen LogP contribution in [0.15, 0.2) is 27.7 Å². The number of ether oxygens (including phenoxy) is 1. The number of aromatic nitrogens is 1. The number of nitriles is 2. The molecular weight excluding hydrogens is 450 g/mol. The SMILES string of the molecule is N#CNC1=NC(c2ccc(Br)cc2N2CCOCC2)c2c(nc(N)c(C#N)c2N)N1. The fourth-order valence-electron chi connectivity index (χ4n) is 3.63. The Labute approximate surface area is 181 Å². The zero-order chi connectivity index (χ0) is 21.3. The number of anilines is 4. The highest BCUT2D eigenvalue weighted by Crippen LogP contribution is 2.44. The number of rotatable bonds is 2. The monoisotopic (exact) mass is 467 g/mol. The van der Waals surface area contributed by atoms with E-state index in [4.69, 9.17) is 21.5 Å². The first-order valence-electron chi connectivity index (χ1n) is 9.14. The topological polar surface area (TPSA) is 161 Å². The van der Waals surface area contributed by atoms with Crippen LogP contribution in [0.1, 0.15) is 22.7 Å². The predicted molar refractivity (Wildman–Crippen MR) is 117 cm³/mol. The van der Waals surface area contributed by atoms with Crippen molar-refractivity contribution in [3.63, 3.8) is 0 Å². The second-order valence-electron chi connectivity index (χ2n) is 6.70. The Kier molecular flexibility index (Phi) is 5.31. The minimum atomic E-state index is -0.594. The van der Waals surface area contributed by atoms with Crippen LogP contribution < -0.4 is 27.0 Å². The van der Waals surface area contributed by atoms with E-state index in [1.165, 1.54) is 0 Å². The van der Waals surface area contributed by atoms with E-state index >= 15 is 0 Å². The highest BCUT2D eigenvalue weighted by Gasteiger charge is 2.32. The first kappa shape index (κ1) is 19.8. The van der Waals surface area contributed by atoms with Crippen LogP contribution in [0.5, 0.6) is 0 Å². The van der Waals surface area contributed by atoms with Crippen molar-refractivity contribution >= 4 is 44.9 Å². The summed E-state index contributed by atoms with van der Waals surface area (Å²) in [4.78, 5) is 11.2. The molecule has 4 rings (SSSR count). The highest BCUT2D eigenvalue weighted by molar-refractivity contribution is 9.10. The molecule has 0 saturated carbocycles. The van der Waals surface area contributed by atoms with Gasteiger partial charge in [0, 0.05) is 34.4 Å². The van der Waals surface area contributed by atoms with E-state index in [2.05, 4.69) is 41.4 Å². The van der Waals surface area contributed by atoms with Gasteiger partial charge < -0.3 is 26.4 Å². The third-order valence-corrected chi connectivity index (χ3v) is 5.49. The predicted octanol–water partition coefficient (Wildman–Crippen LogP) is 1.66. The Morgan fingerprint density at radius 2 is 2.03 bits per heavy atom. The average Bonchev–Trinajstić information content (AvgIpc) is 2.74. The molecule has 2 aliphatic heterocycles. The van der Waals surface area contributed by atoms with Gasteiger partial charge in [0.05, 0.1) is 18.9 Å². The molecule has 6 N–H and O–H groups in total. The van der Waals surface area contributed by atoms with E-state index in [1.54, 1.807) is 0 Å². The lowest BCUT2D eigenvalue weighted by atomic mass is 9.93. The van der Waals surface area contributed by atoms with Crippen molar-refractivity contribution in [1.29, 1.82) is 10.5 Å². The van der Waals surface area contributed by atoms with Crippen LogP contribution in [0.3, 0.4) is 0 Å². The third kappa shape index (κ3) is 3.45. The number of morpholine rings is 1. The number of pyridine rings is 1. The lowest BCUT2D eigenvalue weighted by molar-refractivity contribution is 0.122. The van der Waals surface area contributed by atoms with Crippen molar-refractivity contribution in [3.8, 4) is 12.3 Å². The van der Waals surface area contributed by atoms with E-state index in [-0.39, 0.29) is 23.0 Å². The summed E-state index contributed by atoms with van der Waals surface area (Å²) in [7, 11) is 0. The van der Waals surface area contributed by atoms with Crippen LogP contribution in [-0.4, -0.2) is 37.2 Å². The summed E-state index contributed by atoms with van der Waals surface area (Å²) in [6, 6.07) is 7.30. The zero-order valence-electron chi connectivity index (χ0n) is 15.8. The third-order valence-electron chi connectivity index (χ3n) is 5.00. The van der Waals surface area contributed by atoms with Gasteiger partial charge in [0.25, 0.3) is 0 Å². The molecule has 1 aromatic heterocycles. The van der Waals surface area contributed by atoms with Gasteiger partial charge in [0.2, 0.25) is 5.96 Å². The van der Waals surface area contributed by atoms with Crippen LogP contribution in [0, 0.1) is 22.8 Å². The summed E-state index contributed by atoms with van der Waals surface area (Å²) in [5, 5.41) is 24.0. The molecule has 0 bridgehead atoms. The highest BCUT2D eigenvalue weighted by atomic mass is 79.9. The number of halogens is 1. The molecule has 2 aromatic rings. The molecule has 11 heteroatoms. The number of aliphatic imine (C=N–C) groups is 1. The van der Waals surface area contributed by atoms with E-state index in [9.17, 15) is 5.26 Å². The standard InChI is InChI=1S/C19H18BrN9O/c20-10-1-2-11(13(7-10)29-3-5-30-6-4-29)16-14-15(23)12(8-21)17(24)27-18(14)28-19(26-16)25-9-22/h1-2,7,16H,3-6H2,(H6,23,24,25,26,27,28). The molecule has 1 saturated heterocycles. The summed E-state index contributed by atoms with van der Waals surface area (Å²) in [5.74, 6) is 0.599. The molecule has 0 aliphatic carbocycles. The molecule has 30 heavy (non-hydrogen) atoms. The maximum atomic E-state index is 9.50. The molecule has 10 nitrogen and oxygen atoms in total. The first-order chi connectivity index (χ1) is 14.5. The molecule has 1 fully saturated rings. The second kappa shape index (κ2) is 8.06. The van der Waals surface area contributed by atoms with Gasteiger partial charge in [-0.25, -0.2) is 9.98 Å². The lowest BCUT2D eigenvalue weighted by Crippen LogP contribution is -2.37. The molecule has 0 amide bonds. The smallest absolute Gasteiger partial charge is 0.211 e. The Bertz CT molecular complexity index is 1110. The molecule has 1 atom stereocenters. The summed E-state index contributed by atoms with van der Waals surface area (Å²) in [6.07, 6.45) is 1.86. The second-order valence-corrected chi connectivity index (χ2v) is 7.62. The van der Waals surface area contributed by atoms with Gasteiger partial charge >= 0.3 is 0 Å². The summed E-state index contributed by atoms with van der Waals surface area (Å²) >= 11 is 3.54. The molecule has 0 radical (unpaired) electrons. The summed E-state index contributed by atoms with van der Waals surface area (Å²) in [6.45, 7) is 2.70. The van der Waals surface area contributed by atoms with Crippen LogP contribution >= 0.6 is 15.9 Å².